The Bertz CT molecular complexity index is 1120. The number of ether oxygens (including phenoxy) is 1. The number of nitrogens with zero attached hydrogens (tertiary/aromatic N) is 3. The Labute approximate surface area is 161 Å². The molecule has 6 nitrogen and oxygen atoms in total. The van der Waals surface area contributed by atoms with Crippen LogP contribution in [0.4, 0.5) is 18.9 Å². The lowest BCUT2D eigenvalue weighted by molar-refractivity contribution is -0.274. The van der Waals surface area contributed by atoms with E-state index in [1.54, 1.807) is 18.2 Å². The van der Waals surface area contributed by atoms with E-state index in [9.17, 15) is 18.0 Å². The van der Waals surface area contributed by atoms with Crippen LogP contribution in [0, 0.1) is 11.3 Å². The number of aromatic nitrogens is 2. The van der Waals surface area contributed by atoms with Crippen LogP contribution >= 0.6 is 11.8 Å². The smallest absolute Gasteiger partial charge is 0.406 e. The zero-order chi connectivity index (χ0) is 20.3. The van der Waals surface area contributed by atoms with Crippen molar-refractivity contribution in [2.75, 3.05) is 11.2 Å². The summed E-state index contributed by atoms with van der Waals surface area (Å²) in [5, 5.41) is 9.05. The number of nitrogens with one attached hydrogen (secondary N) is 1. The molecule has 0 saturated heterocycles. The van der Waals surface area contributed by atoms with Gasteiger partial charge in [0.15, 0.2) is 0 Å². The molecular weight excluding hydrogens is 393 g/mol. The van der Waals surface area contributed by atoms with Crippen LogP contribution in [-0.2, 0) is 0 Å². The van der Waals surface area contributed by atoms with E-state index in [1.807, 2.05) is 13.0 Å². The lowest BCUT2D eigenvalue weighted by Gasteiger charge is -2.14. The Morgan fingerprint density at radius 1 is 1.29 bits per heavy atom. The van der Waals surface area contributed by atoms with Crippen molar-refractivity contribution in [3.63, 3.8) is 0 Å². The summed E-state index contributed by atoms with van der Waals surface area (Å²) in [5.74, 6) is 0.259. The fourth-order valence-corrected chi connectivity index (χ4v) is 3.21. The molecule has 0 aliphatic heterocycles. The molecule has 0 aliphatic rings. The molecule has 3 aromatic rings. The van der Waals surface area contributed by atoms with Crippen LogP contribution in [0.2, 0.25) is 0 Å². The number of halogens is 3. The molecule has 1 aromatic heterocycles. The molecule has 144 valence electrons. The predicted octanol–water partition coefficient (Wildman–Crippen LogP) is 4.15. The number of benzene rings is 2. The first-order valence-corrected chi connectivity index (χ1v) is 9.00. The normalized spacial score (nSPS) is 11.2. The molecule has 10 heteroatoms. The lowest BCUT2D eigenvalue weighted by Crippen LogP contribution is -2.27. The van der Waals surface area contributed by atoms with Crippen molar-refractivity contribution in [2.24, 2.45) is 0 Å². The number of nitriles is 1. The number of fused-ring (bicyclic) bond motifs is 1. The van der Waals surface area contributed by atoms with Gasteiger partial charge in [-0.15, -0.1) is 24.9 Å². The SMILES string of the molecule is CCSc1ccc(C#N)cc1Nn1cnc2ccc(OC(F)(F)F)cc2c1=O. The van der Waals surface area contributed by atoms with E-state index < -0.39 is 17.7 Å². The predicted molar refractivity (Wildman–Crippen MR) is 99.3 cm³/mol. The molecule has 0 atom stereocenters. The van der Waals surface area contributed by atoms with Crippen molar-refractivity contribution in [2.45, 2.75) is 18.2 Å². The molecule has 0 aliphatic carbocycles. The summed E-state index contributed by atoms with van der Waals surface area (Å²) in [5.41, 5.74) is 3.40. The second-order valence-electron chi connectivity index (χ2n) is 5.51. The zero-order valence-corrected chi connectivity index (χ0v) is 15.3. The molecule has 1 N–H and O–H groups in total. The molecule has 0 saturated carbocycles. The van der Waals surface area contributed by atoms with Crippen LogP contribution in [-0.4, -0.2) is 21.8 Å². The van der Waals surface area contributed by atoms with Gasteiger partial charge in [-0.2, -0.15) is 5.26 Å². The highest BCUT2D eigenvalue weighted by atomic mass is 32.2. The van der Waals surface area contributed by atoms with Crippen LogP contribution in [0.1, 0.15) is 12.5 Å². The minimum atomic E-state index is -4.86. The summed E-state index contributed by atoms with van der Waals surface area (Å²) >= 11 is 1.51. The molecule has 1 heterocycles. The first kappa shape index (κ1) is 19.6. The average molecular weight is 406 g/mol. The van der Waals surface area contributed by atoms with Gasteiger partial charge in [-0.05, 0) is 42.2 Å². The third kappa shape index (κ3) is 4.37. The standard InChI is InChI=1S/C18H13F3N4O2S/c1-2-28-16-6-3-11(9-22)7-15(16)24-25-10-23-14-5-4-12(27-18(19,20)21)8-13(14)17(25)26/h3-8,10,24H,2H2,1H3. The van der Waals surface area contributed by atoms with Gasteiger partial charge in [0.1, 0.15) is 12.1 Å². The Hall–Kier alpha value is -3.19. The van der Waals surface area contributed by atoms with E-state index in [0.717, 1.165) is 27.5 Å². The van der Waals surface area contributed by atoms with Crippen molar-refractivity contribution in [3.8, 4) is 11.8 Å². The fraction of sp³-hybridized carbons (Fsp3) is 0.167. The minimum absolute atomic E-state index is 0.0436. The highest BCUT2D eigenvalue weighted by molar-refractivity contribution is 7.99. The molecule has 0 spiro atoms. The van der Waals surface area contributed by atoms with Crippen LogP contribution in [0.5, 0.6) is 5.75 Å². The highest BCUT2D eigenvalue weighted by Crippen LogP contribution is 2.28. The highest BCUT2D eigenvalue weighted by Gasteiger charge is 2.31. The van der Waals surface area contributed by atoms with E-state index >= 15 is 0 Å². The van der Waals surface area contributed by atoms with Crippen molar-refractivity contribution >= 4 is 28.4 Å². The van der Waals surface area contributed by atoms with Crippen LogP contribution in [0.25, 0.3) is 10.9 Å². The summed E-state index contributed by atoms with van der Waals surface area (Å²) in [6, 6.07) is 10.4. The maximum atomic E-state index is 12.7. The van der Waals surface area contributed by atoms with E-state index in [4.69, 9.17) is 5.26 Å². The molecule has 0 radical (unpaired) electrons. The number of rotatable bonds is 5. The van der Waals surface area contributed by atoms with Gasteiger partial charge in [-0.25, -0.2) is 9.66 Å². The van der Waals surface area contributed by atoms with E-state index in [1.165, 1.54) is 24.2 Å². The molecule has 0 fully saturated rings. The topological polar surface area (TPSA) is 79.9 Å². The Morgan fingerprint density at radius 2 is 2.07 bits per heavy atom. The number of hydrogen-bond acceptors (Lipinski definition) is 6. The number of thioether (sulfide) groups is 1. The maximum Gasteiger partial charge on any atom is 0.573 e. The summed E-state index contributed by atoms with van der Waals surface area (Å²) in [4.78, 5) is 17.6. The third-order valence-electron chi connectivity index (χ3n) is 3.61. The van der Waals surface area contributed by atoms with Gasteiger partial charge < -0.3 is 4.74 Å². The van der Waals surface area contributed by atoms with Crippen LogP contribution < -0.4 is 15.7 Å². The van der Waals surface area contributed by atoms with Crippen molar-refractivity contribution in [3.05, 3.63) is 58.6 Å². The van der Waals surface area contributed by atoms with Gasteiger partial charge in [-0.3, -0.25) is 10.2 Å². The van der Waals surface area contributed by atoms with E-state index in [-0.39, 0.29) is 10.9 Å². The van der Waals surface area contributed by atoms with Crippen molar-refractivity contribution in [1.82, 2.24) is 9.66 Å². The lowest BCUT2D eigenvalue weighted by atomic mass is 10.2. The molecule has 0 amide bonds. The number of hydrogen-bond donors (Lipinski definition) is 1. The Balaban J connectivity index is 2.04. The quantitative estimate of drug-likeness (QED) is 0.641. The number of alkyl halides is 3. The Kier molecular flexibility index (Phi) is 5.46. The molecular formula is C18H13F3N4O2S. The van der Waals surface area contributed by atoms with E-state index in [2.05, 4.69) is 15.1 Å². The fourth-order valence-electron chi connectivity index (χ4n) is 2.48. The first-order valence-electron chi connectivity index (χ1n) is 8.02. The van der Waals surface area contributed by atoms with Gasteiger partial charge in [0.05, 0.1) is 28.2 Å². The second kappa shape index (κ2) is 7.82. The van der Waals surface area contributed by atoms with Gasteiger partial charge in [0.25, 0.3) is 5.56 Å². The van der Waals surface area contributed by atoms with Gasteiger partial charge >= 0.3 is 6.36 Å². The summed E-state index contributed by atoms with van der Waals surface area (Å²) < 4.78 is 42.2. The zero-order valence-electron chi connectivity index (χ0n) is 14.4. The van der Waals surface area contributed by atoms with Crippen LogP contribution in [0.3, 0.4) is 0 Å². The van der Waals surface area contributed by atoms with Crippen molar-refractivity contribution in [1.29, 1.82) is 5.26 Å². The molecule has 0 bridgehead atoms. The molecule has 2 aromatic carbocycles. The minimum Gasteiger partial charge on any atom is -0.406 e. The number of anilines is 1. The average Bonchev–Trinajstić information content (AvgIpc) is 2.64. The summed E-state index contributed by atoms with van der Waals surface area (Å²) in [6.07, 6.45) is -3.63. The summed E-state index contributed by atoms with van der Waals surface area (Å²) in [7, 11) is 0. The van der Waals surface area contributed by atoms with Gasteiger partial charge in [0.2, 0.25) is 0 Å². The molecule has 28 heavy (non-hydrogen) atoms. The first-order chi connectivity index (χ1) is 13.3. The third-order valence-corrected chi connectivity index (χ3v) is 4.57. The largest absolute Gasteiger partial charge is 0.573 e. The van der Waals surface area contributed by atoms with Crippen molar-refractivity contribution < 1.29 is 17.9 Å². The van der Waals surface area contributed by atoms with Crippen LogP contribution in [0.15, 0.2) is 52.4 Å². The maximum absolute atomic E-state index is 12.7. The van der Waals surface area contributed by atoms with E-state index in [0.29, 0.717) is 11.3 Å². The van der Waals surface area contributed by atoms with Gasteiger partial charge in [0, 0.05) is 4.90 Å². The molecule has 0 unspecified atom stereocenters. The second-order valence-corrected chi connectivity index (χ2v) is 6.82. The molecule has 3 rings (SSSR count). The van der Waals surface area contributed by atoms with Gasteiger partial charge in [-0.1, -0.05) is 6.92 Å². The summed E-state index contributed by atoms with van der Waals surface area (Å²) in [6.45, 7) is 1.96. The monoisotopic (exact) mass is 406 g/mol. The Morgan fingerprint density at radius 3 is 2.75 bits per heavy atom.